The minimum Gasteiger partial charge on any atom is -0.475 e. The molecule has 0 radical (unpaired) electrons. The molecule has 1 atom stereocenters. The van der Waals surface area contributed by atoms with E-state index in [4.69, 9.17) is 19.9 Å². The summed E-state index contributed by atoms with van der Waals surface area (Å²) in [6.45, 7) is 4.74. The molecule has 1 aromatic heterocycles. The van der Waals surface area contributed by atoms with Crippen molar-refractivity contribution in [3.63, 3.8) is 0 Å². The first kappa shape index (κ1) is 11.2. The summed E-state index contributed by atoms with van der Waals surface area (Å²) in [5.74, 6) is 0.0326. The molecule has 0 aromatic carbocycles. The highest BCUT2D eigenvalue weighted by atomic mass is 16.7. The van der Waals surface area contributed by atoms with Crippen LogP contribution >= 0.6 is 0 Å². The number of ether oxygens (including phenoxy) is 3. The first-order valence-corrected chi connectivity index (χ1v) is 5.21. The monoisotopic (exact) mass is 224 g/mol. The first-order chi connectivity index (χ1) is 7.55. The second-order valence-electron chi connectivity index (χ2n) is 4.19. The number of aromatic nitrogens is 1. The van der Waals surface area contributed by atoms with E-state index in [2.05, 4.69) is 4.98 Å². The number of pyridine rings is 1. The quantitative estimate of drug-likeness (QED) is 0.835. The Kier molecular flexibility index (Phi) is 2.98. The molecule has 1 aliphatic heterocycles. The van der Waals surface area contributed by atoms with Crippen molar-refractivity contribution >= 4 is 5.69 Å². The maximum absolute atomic E-state index is 5.59. The molecule has 1 saturated heterocycles. The van der Waals surface area contributed by atoms with E-state index >= 15 is 0 Å². The van der Waals surface area contributed by atoms with E-state index in [0.29, 0.717) is 24.8 Å². The molecule has 1 aliphatic rings. The average Bonchev–Trinajstić information content (AvgIpc) is 2.58. The Morgan fingerprint density at radius 2 is 2.38 bits per heavy atom. The van der Waals surface area contributed by atoms with Crippen molar-refractivity contribution < 1.29 is 14.2 Å². The molecule has 0 unspecified atom stereocenters. The van der Waals surface area contributed by atoms with E-state index in [9.17, 15) is 0 Å². The van der Waals surface area contributed by atoms with Gasteiger partial charge in [0.25, 0.3) is 0 Å². The summed E-state index contributed by atoms with van der Waals surface area (Å²) in [6, 6.07) is 3.48. The SMILES string of the molecule is CC1(C)OC[C@H](COc2ccc(N)cn2)O1. The van der Waals surface area contributed by atoms with Crippen LogP contribution in [0.4, 0.5) is 5.69 Å². The van der Waals surface area contributed by atoms with Crippen LogP contribution in [-0.2, 0) is 9.47 Å². The van der Waals surface area contributed by atoms with Crippen molar-refractivity contribution in [2.24, 2.45) is 0 Å². The largest absolute Gasteiger partial charge is 0.475 e. The fraction of sp³-hybridized carbons (Fsp3) is 0.545. The number of nitrogens with two attached hydrogens (primary N) is 1. The Morgan fingerprint density at radius 3 is 2.94 bits per heavy atom. The summed E-state index contributed by atoms with van der Waals surface area (Å²) in [5.41, 5.74) is 6.14. The lowest BCUT2D eigenvalue weighted by atomic mass is 10.4. The molecular weight excluding hydrogens is 208 g/mol. The number of anilines is 1. The highest BCUT2D eigenvalue weighted by Crippen LogP contribution is 2.22. The predicted octanol–water partition coefficient (Wildman–Crippen LogP) is 1.19. The molecule has 0 spiro atoms. The summed E-state index contributed by atoms with van der Waals surface area (Å²) < 4.78 is 16.5. The first-order valence-electron chi connectivity index (χ1n) is 5.21. The lowest BCUT2D eigenvalue weighted by molar-refractivity contribution is -0.141. The third-order valence-corrected chi connectivity index (χ3v) is 2.24. The molecule has 88 valence electrons. The van der Waals surface area contributed by atoms with Crippen LogP contribution in [0.5, 0.6) is 5.88 Å². The van der Waals surface area contributed by atoms with Crippen molar-refractivity contribution in [3.8, 4) is 5.88 Å². The van der Waals surface area contributed by atoms with Gasteiger partial charge in [-0.25, -0.2) is 4.98 Å². The fourth-order valence-electron chi connectivity index (χ4n) is 1.50. The normalized spacial score (nSPS) is 23.2. The van der Waals surface area contributed by atoms with E-state index in [1.165, 1.54) is 0 Å². The fourth-order valence-corrected chi connectivity index (χ4v) is 1.50. The lowest BCUT2D eigenvalue weighted by Crippen LogP contribution is -2.25. The van der Waals surface area contributed by atoms with Gasteiger partial charge in [-0.3, -0.25) is 0 Å². The van der Waals surface area contributed by atoms with Crippen molar-refractivity contribution in [2.75, 3.05) is 18.9 Å². The minimum atomic E-state index is -0.511. The van der Waals surface area contributed by atoms with E-state index < -0.39 is 5.79 Å². The van der Waals surface area contributed by atoms with Crippen LogP contribution in [0.2, 0.25) is 0 Å². The third kappa shape index (κ3) is 2.84. The zero-order valence-corrected chi connectivity index (χ0v) is 9.47. The van der Waals surface area contributed by atoms with Gasteiger partial charge in [-0.05, 0) is 19.9 Å². The van der Waals surface area contributed by atoms with Crippen LogP contribution in [0.1, 0.15) is 13.8 Å². The highest BCUT2D eigenvalue weighted by Gasteiger charge is 2.32. The van der Waals surface area contributed by atoms with Gasteiger partial charge in [-0.1, -0.05) is 0 Å². The van der Waals surface area contributed by atoms with Gasteiger partial charge in [0, 0.05) is 6.07 Å². The summed E-state index contributed by atoms with van der Waals surface area (Å²) in [4.78, 5) is 4.03. The van der Waals surface area contributed by atoms with Gasteiger partial charge in [-0.15, -0.1) is 0 Å². The Balaban J connectivity index is 1.82. The molecule has 2 N–H and O–H groups in total. The summed E-state index contributed by atoms with van der Waals surface area (Å²) >= 11 is 0. The second-order valence-corrected chi connectivity index (χ2v) is 4.19. The van der Waals surface area contributed by atoms with Gasteiger partial charge < -0.3 is 19.9 Å². The molecule has 1 aromatic rings. The van der Waals surface area contributed by atoms with Crippen molar-refractivity contribution in [1.29, 1.82) is 0 Å². The summed E-state index contributed by atoms with van der Waals surface area (Å²) in [6.07, 6.45) is 1.51. The van der Waals surface area contributed by atoms with Gasteiger partial charge in [0.2, 0.25) is 5.88 Å². The molecule has 2 rings (SSSR count). The van der Waals surface area contributed by atoms with Crippen LogP contribution in [0.3, 0.4) is 0 Å². The van der Waals surface area contributed by atoms with E-state index in [1.807, 2.05) is 13.8 Å². The molecular formula is C11H16N2O3. The topological polar surface area (TPSA) is 66.6 Å². The van der Waals surface area contributed by atoms with E-state index in [0.717, 1.165) is 0 Å². The van der Waals surface area contributed by atoms with Gasteiger partial charge in [0.1, 0.15) is 12.7 Å². The molecule has 0 amide bonds. The number of rotatable bonds is 3. The number of nitrogen functional groups attached to an aromatic ring is 1. The Morgan fingerprint density at radius 1 is 1.56 bits per heavy atom. The maximum atomic E-state index is 5.59. The Hall–Kier alpha value is -1.33. The summed E-state index contributed by atoms with van der Waals surface area (Å²) in [5, 5.41) is 0. The molecule has 2 heterocycles. The smallest absolute Gasteiger partial charge is 0.213 e. The van der Waals surface area contributed by atoms with Crippen molar-refractivity contribution in [1.82, 2.24) is 4.98 Å². The highest BCUT2D eigenvalue weighted by molar-refractivity contribution is 5.35. The van der Waals surface area contributed by atoms with Gasteiger partial charge in [-0.2, -0.15) is 0 Å². The van der Waals surface area contributed by atoms with Crippen LogP contribution < -0.4 is 10.5 Å². The standard InChI is InChI=1S/C11H16N2O3/c1-11(2)15-7-9(16-11)6-14-10-4-3-8(12)5-13-10/h3-5,9H,6-7,12H2,1-2H3/t9-/m0/s1. The Labute approximate surface area is 94.5 Å². The molecule has 5 heteroatoms. The second kappa shape index (κ2) is 4.27. The molecule has 0 saturated carbocycles. The van der Waals surface area contributed by atoms with Crippen LogP contribution in [-0.4, -0.2) is 30.1 Å². The van der Waals surface area contributed by atoms with E-state index in [-0.39, 0.29) is 6.10 Å². The third-order valence-electron chi connectivity index (χ3n) is 2.24. The van der Waals surface area contributed by atoms with Crippen LogP contribution in [0.15, 0.2) is 18.3 Å². The number of hydrogen-bond acceptors (Lipinski definition) is 5. The number of nitrogens with zero attached hydrogens (tertiary/aromatic N) is 1. The Bertz CT molecular complexity index is 351. The summed E-state index contributed by atoms with van der Waals surface area (Å²) in [7, 11) is 0. The molecule has 0 bridgehead atoms. The van der Waals surface area contributed by atoms with E-state index in [1.54, 1.807) is 18.3 Å². The zero-order valence-electron chi connectivity index (χ0n) is 9.47. The van der Waals surface area contributed by atoms with Gasteiger partial charge >= 0.3 is 0 Å². The zero-order chi connectivity index (χ0) is 11.6. The molecule has 16 heavy (non-hydrogen) atoms. The van der Waals surface area contributed by atoms with Crippen LogP contribution in [0.25, 0.3) is 0 Å². The van der Waals surface area contributed by atoms with Crippen LogP contribution in [0, 0.1) is 0 Å². The maximum Gasteiger partial charge on any atom is 0.213 e. The molecule has 5 nitrogen and oxygen atoms in total. The lowest BCUT2D eigenvalue weighted by Gasteiger charge is -2.17. The molecule has 0 aliphatic carbocycles. The van der Waals surface area contributed by atoms with Gasteiger partial charge in [0.15, 0.2) is 5.79 Å². The van der Waals surface area contributed by atoms with Crippen molar-refractivity contribution in [3.05, 3.63) is 18.3 Å². The van der Waals surface area contributed by atoms with Gasteiger partial charge in [0.05, 0.1) is 18.5 Å². The molecule has 1 fully saturated rings. The number of hydrogen-bond donors (Lipinski definition) is 1. The minimum absolute atomic E-state index is 0.0469. The average molecular weight is 224 g/mol. The predicted molar refractivity (Wildman–Crippen MR) is 59.0 cm³/mol. The van der Waals surface area contributed by atoms with Crippen molar-refractivity contribution in [2.45, 2.75) is 25.7 Å².